The summed E-state index contributed by atoms with van der Waals surface area (Å²) in [5.41, 5.74) is 2.97. The molecule has 0 unspecified atom stereocenters. The van der Waals surface area contributed by atoms with Crippen molar-refractivity contribution in [2.24, 2.45) is 0 Å². The summed E-state index contributed by atoms with van der Waals surface area (Å²) in [6, 6.07) is 15.1. The number of carbonyl (C=O) groups excluding carboxylic acids is 1. The molecule has 10 heteroatoms. The van der Waals surface area contributed by atoms with Crippen LogP contribution in [0.5, 0.6) is 0 Å². The minimum absolute atomic E-state index is 0.0246. The number of hydrogen-bond donors (Lipinski definition) is 0. The zero-order valence-corrected chi connectivity index (χ0v) is 17.3. The quantitative estimate of drug-likeness (QED) is 0.293. The number of nitro benzene ring substituents is 1. The third-order valence-corrected chi connectivity index (χ3v) is 5.85. The second kappa shape index (κ2) is 8.08. The largest absolute Gasteiger partial charge is 0.278 e. The van der Waals surface area contributed by atoms with Gasteiger partial charge in [-0.25, -0.2) is 4.98 Å². The molecule has 9 nitrogen and oxygen atoms in total. The molecular formula is C22H14N6O3S. The van der Waals surface area contributed by atoms with Gasteiger partial charge in [-0.05, 0) is 36.4 Å². The highest BCUT2D eigenvalue weighted by Crippen LogP contribution is 2.33. The number of nitrogens with zero attached hydrogens (tertiary/aromatic N) is 6. The second-order valence-electron chi connectivity index (χ2n) is 6.88. The molecule has 0 spiro atoms. The molecule has 0 fully saturated rings. The van der Waals surface area contributed by atoms with Crippen molar-refractivity contribution >= 4 is 49.3 Å². The molecule has 0 atom stereocenters. The first-order valence-electron chi connectivity index (χ1n) is 9.56. The SMILES string of the molecule is O=C(c1ccc2nccnc2c1)N(Cc1ccccn1)c1nc2ccc([N+](=O)[O-])cc2s1. The maximum atomic E-state index is 13.6. The van der Waals surface area contributed by atoms with Crippen LogP contribution in [0.2, 0.25) is 0 Å². The molecule has 2 aromatic carbocycles. The minimum atomic E-state index is -0.453. The van der Waals surface area contributed by atoms with Crippen LogP contribution in [-0.2, 0) is 6.54 Å². The van der Waals surface area contributed by atoms with Crippen LogP contribution in [0.1, 0.15) is 16.1 Å². The Hall–Kier alpha value is -4.31. The highest BCUT2D eigenvalue weighted by molar-refractivity contribution is 7.22. The molecule has 32 heavy (non-hydrogen) atoms. The zero-order valence-electron chi connectivity index (χ0n) is 16.5. The van der Waals surface area contributed by atoms with Crippen molar-refractivity contribution in [2.75, 3.05) is 4.90 Å². The molecule has 5 rings (SSSR count). The van der Waals surface area contributed by atoms with Gasteiger partial charge in [-0.15, -0.1) is 0 Å². The van der Waals surface area contributed by atoms with Gasteiger partial charge in [-0.3, -0.25) is 34.8 Å². The fourth-order valence-corrected chi connectivity index (χ4v) is 4.26. The van der Waals surface area contributed by atoms with Crippen molar-refractivity contribution < 1.29 is 9.72 Å². The van der Waals surface area contributed by atoms with Crippen LogP contribution in [0.15, 0.2) is 73.2 Å². The second-order valence-corrected chi connectivity index (χ2v) is 7.89. The molecule has 0 radical (unpaired) electrons. The number of rotatable bonds is 5. The van der Waals surface area contributed by atoms with Crippen LogP contribution < -0.4 is 4.90 Å². The molecule has 5 aromatic rings. The molecule has 0 aliphatic heterocycles. The standard InChI is InChI=1S/C22H14N6O3S/c29-21(14-4-6-17-19(11-14)25-10-9-24-17)27(13-15-3-1-2-8-23-15)22-26-18-7-5-16(28(30)31)12-20(18)32-22/h1-12H,13H2. The fraction of sp³-hybridized carbons (Fsp3) is 0.0455. The summed E-state index contributed by atoms with van der Waals surface area (Å²) in [6.07, 6.45) is 4.82. The number of non-ortho nitro benzene ring substituents is 1. The lowest BCUT2D eigenvalue weighted by atomic mass is 10.1. The smallest absolute Gasteiger partial charge is 0.270 e. The molecule has 0 saturated carbocycles. The molecule has 3 aromatic heterocycles. The van der Waals surface area contributed by atoms with Gasteiger partial charge >= 0.3 is 0 Å². The van der Waals surface area contributed by atoms with Crippen molar-refractivity contribution in [1.82, 2.24) is 19.9 Å². The minimum Gasteiger partial charge on any atom is -0.278 e. The predicted octanol–water partition coefficient (Wildman–Crippen LogP) is 4.39. The van der Waals surface area contributed by atoms with Gasteiger partial charge in [0, 0.05) is 36.3 Å². The topological polar surface area (TPSA) is 115 Å². The summed E-state index contributed by atoms with van der Waals surface area (Å²) in [5.74, 6) is -0.281. The highest BCUT2D eigenvalue weighted by Gasteiger charge is 2.23. The summed E-state index contributed by atoms with van der Waals surface area (Å²) in [6.45, 7) is 0.195. The lowest BCUT2D eigenvalue weighted by Gasteiger charge is -2.19. The first-order valence-corrected chi connectivity index (χ1v) is 10.4. The van der Waals surface area contributed by atoms with Gasteiger partial charge in [0.15, 0.2) is 5.13 Å². The van der Waals surface area contributed by atoms with Crippen LogP contribution in [0.25, 0.3) is 21.3 Å². The number of fused-ring (bicyclic) bond motifs is 2. The Bertz CT molecular complexity index is 1470. The molecule has 0 saturated heterocycles. The third kappa shape index (κ3) is 3.74. The van der Waals surface area contributed by atoms with E-state index in [-0.39, 0.29) is 18.1 Å². The number of aromatic nitrogens is 4. The number of benzene rings is 2. The van der Waals surface area contributed by atoms with Gasteiger partial charge < -0.3 is 0 Å². The lowest BCUT2D eigenvalue weighted by Crippen LogP contribution is -2.30. The lowest BCUT2D eigenvalue weighted by molar-refractivity contribution is -0.384. The molecule has 1 amide bonds. The molecule has 3 heterocycles. The summed E-state index contributed by atoms with van der Waals surface area (Å²) in [7, 11) is 0. The van der Waals surface area contributed by atoms with Crippen LogP contribution in [-0.4, -0.2) is 30.8 Å². The first kappa shape index (κ1) is 19.6. The Morgan fingerprint density at radius 1 is 0.938 bits per heavy atom. The monoisotopic (exact) mass is 442 g/mol. The molecule has 0 bridgehead atoms. The van der Waals surface area contributed by atoms with Crippen LogP contribution in [0.4, 0.5) is 10.8 Å². The Morgan fingerprint density at radius 3 is 2.53 bits per heavy atom. The number of hydrogen-bond acceptors (Lipinski definition) is 8. The molecule has 0 N–H and O–H groups in total. The van der Waals surface area contributed by atoms with Crippen molar-refractivity contribution in [2.45, 2.75) is 6.54 Å². The van der Waals surface area contributed by atoms with Crippen LogP contribution >= 0.6 is 11.3 Å². The van der Waals surface area contributed by atoms with Gasteiger partial charge in [-0.2, -0.15) is 0 Å². The number of pyridine rings is 1. The fourth-order valence-electron chi connectivity index (χ4n) is 3.26. The summed E-state index contributed by atoms with van der Waals surface area (Å²) < 4.78 is 0.623. The summed E-state index contributed by atoms with van der Waals surface area (Å²) in [4.78, 5) is 43.2. The number of carbonyl (C=O) groups is 1. The van der Waals surface area contributed by atoms with E-state index in [0.717, 1.165) is 0 Å². The maximum Gasteiger partial charge on any atom is 0.270 e. The number of amides is 1. The Balaban J connectivity index is 1.59. The van der Waals surface area contributed by atoms with Crippen molar-refractivity contribution in [3.8, 4) is 0 Å². The van der Waals surface area contributed by atoms with Gasteiger partial charge in [0.2, 0.25) is 0 Å². The van der Waals surface area contributed by atoms with Gasteiger partial charge in [0.05, 0.1) is 38.4 Å². The van der Waals surface area contributed by atoms with Gasteiger partial charge in [0.1, 0.15) is 0 Å². The summed E-state index contributed by atoms with van der Waals surface area (Å²) >= 11 is 1.22. The number of anilines is 1. The molecule has 0 aliphatic rings. The van der Waals surface area contributed by atoms with Crippen molar-refractivity contribution in [3.63, 3.8) is 0 Å². The van der Waals surface area contributed by atoms with Gasteiger partial charge in [0.25, 0.3) is 11.6 Å². The highest BCUT2D eigenvalue weighted by atomic mass is 32.1. The first-order chi connectivity index (χ1) is 15.6. The molecular weight excluding hydrogens is 428 g/mol. The molecule has 0 aliphatic carbocycles. The van der Waals surface area contributed by atoms with Crippen LogP contribution in [0, 0.1) is 10.1 Å². The van der Waals surface area contributed by atoms with E-state index in [4.69, 9.17) is 0 Å². The van der Waals surface area contributed by atoms with E-state index in [1.54, 1.807) is 48.9 Å². The molecule has 156 valence electrons. The van der Waals surface area contributed by atoms with E-state index >= 15 is 0 Å². The van der Waals surface area contributed by atoms with Crippen molar-refractivity contribution in [1.29, 1.82) is 0 Å². The average molecular weight is 442 g/mol. The van der Waals surface area contributed by atoms with E-state index in [9.17, 15) is 14.9 Å². The Kier molecular flexibility index (Phi) is 4.96. The Labute approximate surface area is 185 Å². The third-order valence-electron chi connectivity index (χ3n) is 4.81. The predicted molar refractivity (Wildman–Crippen MR) is 121 cm³/mol. The normalized spacial score (nSPS) is 11.0. The average Bonchev–Trinajstić information content (AvgIpc) is 3.25. The van der Waals surface area contributed by atoms with E-state index in [1.807, 2.05) is 12.1 Å². The number of thiazole rings is 1. The van der Waals surface area contributed by atoms with Crippen LogP contribution in [0.3, 0.4) is 0 Å². The van der Waals surface area contributed by atoms with E-state index in [0.29, 0.717) is 37.6 Å². The van der Waals surface area contributed by atoms with E-state index < -0.39 is 4.92 Å². The van der Waals surface area contributed by atoms with E-state index in [2.05, 4.69) is 19.9 Å². The van der Waals surface area contributed by atoms with Crippen molar-refractivity contribution in [3.05, 3.63) is 94.6 Å². The summed E-state index contributed by atoms with van der Waals surface area (Å²) in [5, 5.41) is 11.6. The zero-order chi connectivity index (χ0) is 22.1. The number of nitro groups is 1. The van der Waals surface area contributed by atoms with Gasteiger partial charge in [-0.1, -0.05) is 17.4 Å². The maximum absolute atomic E-state index is 13.6. The Morgan fingerprint density at radius 2 is 1.75 bits per heavy atom. The van der Waals surface area contributed by atoms with E-state index in [1.165, 1.54) is 28.4 Å².